The van der Waals surface area contributed by atoms with Crippen LogP contribution >= 0.6 is 11.3 Å². The first-order chi connectivity index (χ1) is 37.5. The minimum absolute atomic E-state index is 0.0973. The quantitative estimate of drug-likeness (QED) is 0.0174. The molecule has 24 nitrogen and oxygen atoms in total. The summed E-state index contributed by atoms with van der Waals surface area (Å²) < 4.78 is 29.2. The van der Waals surface area contributed by atoms with Crippen molar-refractivity contribution >= 4 is 86.3 Å². The number of carbonyl (C=O) groups is 10. The van der Waals surface area contributed by atoms with Crippen LogP contribution in [0.3, 0.4) is 0 Å². The van der Waals surface area contributed by atoms with Crippen LogP contribution in [0.2, 0.25) is 0 Å². The number of unbranched alkanes of at least 4 members (excludes halogenated alkanes) is 2. The number of ether oxygens (including phenoxy) is 5. The fourth-order valence-corrected chi connectivity index (χ4v) is 9.15. The van der Waals surface area contributed by atoms with Crippen molar-refractivity contribution in [1.82, 2.24) is 30.7 Å². The monoisotopic (exact) mass is 1100 g/mol. The SMILES string of the molecule is COc1cc2sc(C(=O)CCC(=O)OCc3ccc(NC(=O)[C@H](CCCNC(N)=O)NC(=O)CNC(=O)CCCCCN4C(=O)C=CC4=O)cc3)cc2cc1OCCCOc1nc2c(cc1OC)CN(C(=O)CCC(=O)O)C2. The Labute approximate surface area is 452 Å². The van der Waals surface area contributed by atoms with Gasteiger partial charge in [-0.1, -0.05) is 18.6 Å². The number of imide groups is 1. The maximum Gasteiger partial charge on any atom is 0.312 e. The lowest BCUT2D eigenvalue weighted by Gasteiger charge is -2.19. The van der Waals surface area contributed by atoms with Crippen molar-refractivity contribution < 1.29 is 76.7 Å². The van der Waals surface area contributed by atoms with Gasteiger partial charge in [0.15, 0.2) is 23.0 Å². The Kier molecular flexibility index (Phi) is 21.8. The number of benzene rings is 2. The van der Waals surface area contributed by atoms with E-state index in [9.17, 15) is 47.9 Å². The zero-order chi connectivity index (χ0) is 56.1. The second-order valence-corrected chi connectivity index (χ2v) is 19.1. The first-order valence-corrected chi connectivity index (χ1v) is 26.0. The molecule has 0 spiro atoms. The zero-order valence-corrected chi connectivity index (χ0v) is 44.0. The van der Waals surface area contributed by atoms with Crippen molar-refractivity contribution in [2.24, 2.45) is 5.73 Å². The van der Waals surface area contributed by atoms with Gasteiger partial charge >= 0.3 is 18.0 Å². The number of esters is 1. The fraction of sp³-hybridized carbons (Fsp3) is 0.415. The van der Waals surface area contributed by atoms with Crippen LogP contribution in [0.15, 0.2) is 60.7 Å². The number of nitrogens with two attached hydrogens (primary N) is 1. The number of rotatable bonds is 32. The van der Waals surface area contributed by atoms with Gasteiger partial charge in [0, 0.05) is 73.9 Å². The number of pyridine rings is 1. The van der Waals surface area contributed by atoms with Crippen molar-refractivity contribution in [1.29, 1.82) is 0 Å². The van der Waals surface area contributed by atoms with E-state index in [0.717, 1.165) is 20.5 Å². The second kappa shape index (κ2) is 29.1. The van der Waals surface area contributed by atoms with Crippen molar-refractivity contribution in [3.8, 4) is 23.1 Å². The highest BCUT2D eigenvalue weighted by Gasteiger charge is 2.28. The van der Waals surface area contributed by atoms with E-state index in [0.29, 0.717) is 71.3 Å². The predicted octanol–water partition coefficient (Wildman–Crippen LogP) is 4.05. The molecule has 2 aliphatic heterocycles. The summed E-state index contributed by atoms with van der Waals surface area (Å²) in [4.78, 5) is 130. The molecule has 6 rings (SSSR count). The van der Waals surface area contributed by atoms with Gasteiger partial charge in [-0.2, -0.15) is 0 Å². The lowest BCUT2D eigenvalue weighted by Crippen LogP contribution is -2.47. The molecule has 8 amide bonds. The number of carboxylic acids is 1. The van der Waals surface area contributed by atoms with E-state index in [-0.39, 0.29) is 120 Å². The van der Waals surface area contributed by atoms with Gasteiger partial charge in [0.2, 0.25) is 23.6 Å². The van der Waals surface area contributed by atoms with Gasteiger partial charge in [-0.15, -0.1) is 11.3 Å². The normalized spacial score (nSPS) is 12.9. The van der Waals surface area contributed by atoms with Crippen LogP contribution in [-0.2, 0) is 62.8 Å². The summed E-state index contributed by atoms with van der Waals surface area (Å²) in [7, 11) is 2.99. The average molecular weight is 1100 g/mol. The van der Waals surface area contributed by atoms with Crippen LogP contribution in [0.5, 0.6) is 23.1 Å². The van der Waals surface area contributed by atoms with Gasteiger partial charge in [-0.05, 0) is 72.5 Å². The number of carbonyl (C=O) groups excluding carboxylic acids is 9. The van der Waals surface area contributed by atoms with E-state index in [1.54, 1.807) is 53.4 Å². The number of amides is 8. The number of aliphatic carboxylic acids is 1. The minimum Gasteiger partial charge on any atom is -0.493 e. The van der Waals surface area contributed by atoms with Crippen molar-refractivity contribution in [3.05, 3.63) is 82.4 Å². The molecule has 0 bridgehead atoms. The minimum atomic E-state index is -1.05. The smallest absolute Gasteiger partial charge is 0.312 e. The van der Waals surface area contributed by atoms with Crippen molar-refractivity contribution in [3.63, 3.8) is 0 Å². The van der Waals surface area contributed by atoms with E-state index in [1.165, 1.54) is 37.7 Å². The summed E-state index contributed by atoms with van der Waals surface area (Å²) in [5, 5.41) is 20.0. The number of Topliss-reactive ketones (excluding diaryl/α,β-unsaturated/α-hetero) is 1. The summed E-state index contributed by atoms with van der Waals surface area (Å²) in [6.07, 6.45) is 4.34. The van der Waals surface area contributed by atoms with E-state index >= 15 is 0 Å². The number of hydrogen-bond acceptors (Lipinski definition) is 17. The molecule has 4 aromatic rings. The highest BCUT2D eigenvalue weighted by Crippen LogP contribution is 2.38. The third-order valence-electron chi connectivity index (χ3n) is 12.2. The van der Waals surface area contributed by atoms with Crippen LogP contribution in [0.1, 0.15) is 97.1 Å². The number of thiophene rings is 1. The molecule has 2 aliphatic rings. The van der Waals surface area contributed by atoms with Crippen molar-refractivity contribution in [2.75, 3.05) is 52.4 Å². The standard InChI is InChI=1S/C53H62N8O16S/c1-73-39-27-42-33(24-40(39)75-22-7-23-76-52-41(74-2)25-34-29-60(30-37(34)59-52)46(65)17-18-49(68)69)26-43(78-42)38(62)14-19-50(70)77-31-32-10-12-35(13-11-32)57-51(71)36(8-6-20-55-53(54)72)58-45(64)28-56-44(63)9-4-3-5-21-61-47(66)15-16-48(61)67/h10-13,15-16,24-27,36H,3-9,14,17-23,28-31H2,1-2H3,(H,56,63)(H,57,71)(H,58,64)(H,68,69)(H3,54,55,72)/t36-/m0/s1. The number of nitrogens with zero attached hydrogens (tertiary/aromatic N) is 3. The molecule has 0 unspecified atom stereocenters. The maximum absolute atomic E-state index is 13.3. The van der Waals surface area contributed by atoms with Crippen LogP contribution in [0, 0.1) is 0 Å². The third kappa shape index (κ3) is 17.7. The summed E-state index contributed by atoms with van der Waals surface area (Å²) in [6, 6.07) is 11.7. The largest absolute Gasteiger partial charge is 0.493 e. The Bertz CT molecular complexity index is 2890. The molecule has 0 saturated carbocycles. The van der Waals surface area contributed by atoms with Crippen LogP contribution in [-0.4, -0.2) is 132 Å². The lowest BCUT2D eigenvalue weighted by molar-refractivity contribution is -0.145. The third-order valence-corrected chi connectivity index (χ3v) is 13.4. The number of hydrogen-bond donors (Lipinski definition) is 6. The lowest BCUT2D eigenvalue weighted by atomic mass is 10.1. The Morgan fingerprint density at radius 1 is 0.769 bits per heavy atom. The number of aromatic nitrogens is 1. The number of fused-ring (bicyclic) bond motifs is 2. The predicted molar refractivity (Wildman–Crippen MR) is 280 cm³/mol. The average Bonchev–Trinajstić information content (AvgIpc) is 4.14. The summed E-state index contributed by atoms with van der Waals surface area (Å²) in [5.74, 6) is -2.90. The topological polar surface area (TPSA) is 331 Å². The maximum atomic E-state index is 13.3. The Morgan fingerprint density at radius 2 is 1.51 bits per heavy atom. The number of nitrogens with one attached hydrogen (secondary N) is 4. The van der Waals surface area contributed by atoms with Crippen LogP contribution < -0.4 is 45.9 Å². The Morgan fingerprint density at radius 3 is 2.23 bits per heavy atom. The van der Waals surface area contributed by atoms with Gasteiger partial charge in [0.05, 0.1) is 63.9 Å². The summed E-state index contributed by atoms with van der Waals surface area (Å²) >= 11 is 1.25. The Balaban J connectivity index is 0.901. The van der Waals surface area contributed by atoms with Gasteiger partial charge < -0.3 is 60.7 Å². The molecular formula is C53H62N8O16S. The molecule has 0 radical (unpaired) electrons. The molecular weight excluding hydrogens is 1040 g/mol. The Hall–Kier alpha value is -8.61. The molecule has 7 N–H and O–H groups in total. The number of primary amides is 1. The highest BCUT2D eigenvalue weighted by molar-refractivity contribution is 7.20. The molecule has 1 atom stereocenters. The molecule has 25 heteroatoms. The molecule has 4 heterocycles. The molecule has 0 saturated heterocycles. The molecule has 416 valence electrons. The molecule has 0 aliphatic carbocycles. The molecule has 2 aromatic heterocycles. The van der Waals surface area contributed by atoms with Gasteiger partial charge in [-0.25, -0.2) is 9.78 Å². The number of anilines is 1. The van der Waals surface area contributed by atoms with Crippen LogP contribution in [0.25, 0.3) is 10.1 Å². The van der Waals surface area contributed by atoms with Gasteiger partial charge in [-0.3, -0.25) is 48.1 Å². The number of methoxy groups -OCH3 is 2. The summed E-state index contributed by atoms with van der Waals surface area (Å²) in [6.45, 7) is 0.896. The second-order valence-electron chi connectivity index (χ2n) is 18.0. The molecule has 2 aromatic carbocycles. The molecule has 78 heavy (non-hydrogen) atoms. The van der Waals surface area contributed by atoms with Gasteiger partial charge in [0.25, 0.3) is 17.7 Å². The van der Waals surface area contributed by atoms with Gasteiger partial charge in [0.1, 0.15) is 12.6 Å². The number of urea groups is 1. The fourth-order valence-electron chi connectivity index (χ4n) is 8.11. The highest BCUT2D eigenvalue weighted by atomic mass is 32.1. The number of ketones is 1. The number of carboxylic acid groups (broad SMARTS) is 1. The molecule has 0 fully saturated rings. The van der Waals surface area contributed by atoms with E-state index in [1.807, 2.05) is 0 Å². The van der Waals surface area contributed by atoms with E-state index < -0.39 is 42.4 Å². The summed E-state index contributed by atoms with van der Waals surface area (Å²) in [5.41, 5.74) is 7.56. The first kappa shape index (κ1) is 58.6. The van der Waals surface area contributed by atoms with Crippen LogP contribution in [0.4, 0.5) is 10.5 Å². The van der Waals surface area contributed by atoms with Crippen molar-refractivity contribution in [2.45, 2.75) is 96.4 Å². The first-order valence-electron chi connectivity index (χ1n) is 25.1. The van der Waals surface area contributed by atoms with E-state index in [2.05, 4.69) is 26.3 Å². The van der Waals surface area contributed by atoms with E-state index in [4.69, 9.17) is 34.5 Å². The zero-order valence-electron chi connectivity index (χ0n) is 43.2.